The van der Waals surface area contributed by atoms with Crippen LogP contribution in [0.5, 0.6) is 5.75 Å². The molecule has 0 radical (unpaired) electrons. The standard InChI is InChI=1S/C27H27N3O2/c1-3-10-21-12-5-9-16-25(21)32-18-17-30-24-15-8-7-14-23(24)29-26(30)19-28-27(31)22-13-6-4-11-20(22)2/h3-9,11-16H,1,10,17-19H2,2H3,(H,28,31). The molecule has 5 heteroatoms. The number of fused-ring (bicyclic) bond motifs is 1. The highest BCUT2D eigenvalue weighted by Crippen LogP contribution is 2.20. The van der Waals surface area contributed by atoms with Gasteiger partial charge in [0.25, 0.3) is 5.91 Å². The molecule has 0 spiro atoms. The molecule has 0 saturated carbocycles. The Morgan fingerprint density at radius 1 is 1.06 bits per heavy atom. The number of allylic oxidation sites excluding steroid dienone is 1. The highest BCUT2D eigenvalue weighted by atomic mass is 16.5. The number of imidazole rings is 1. The van der Waals surface area contributed by atoms with E-state index in [1.165, 1.54) is 0 Å². The summed E-state index contributed by atoms with van der Waals surface area (Å²) in [6, 6.07) is 23.6. The number of aryl methyl sites for hydroxylation is 1. The quantitative estimate of drug-likeness (QED) is 0.380. The summed E-state index contributed by atoms with van der Waals surface area (Å²) < 4.78 is 8.21. The van der Waals surface area contributed by atoms with E-state index in [1.54, 1.807) is 0 Å². The van der Waals surface area contributed by atoms with Gasteiger partial charge in [0.1, 0.15) is 18.2 Å². The van der Waals surface area contributed by atoms with Crippen LogP contribution in [-0.4, -0.2) is 22.1 Å². The molecule has 1 heterocycles. The van der Waals surface area contributed by atoms with Crippen molar-refractivity contribution in [2.24, 2.45) is 0 Å². The van der Waals surface area contributed by atoms with Gasteiger partial charge in [0.2, 0.25) is 0 Å². The second-order valence-corrected chi connectivity index (χ2v) is 7.61. The number of amides is 1. The van der Waals surface area contributed by atoms with Crippen LogP contribution < -0.4 is 10.1 Å². The topological polar surface area (TPSA) is 56.1 Å². The summed E-state index contributed by atoms with van der Waals surface area (Å²) in [6.45, 7) is 7.22. The third-order valence-corrected chi connectivity index (χ3v) is 5.44. The van der Waals surface area contributed by atoms with Crippen LogP contribution in [0.4, 0.5) is 0 Å². The SMILES string of the molecule is C=CCc1ccccc1OCCn1c(CNC(=O)c2ccccc2C)nc2ccccc21. The van der Waals surface area contributed by atoms with Gasteiger partial charge in [0.15, 0.2) is 0 Å². The number of benzene rings is 3. The largest absolute Gasteiger partial charge is 0.491 e. The van der Waals surface area contributed by atoms with Gasteiger partial charge in [-0.3, -0.25) is 4.79 Å². The first kappa shape index (κ1) is 21.4. The Bertz CT molecular complexity index is 1240. The Morgan fingerprint density at radius 2 is 1.81 bits per heavy atom. The van der Waals surface area contributed by atoms with E-state index in [9.17, 15) is 4.79 Å². The normalized spacial score (nSPS) is 10.8. The van der Waals surface area contributed by atoms with Crippen LogP contribution in [0.15, 0.2) is 85.5 Å². The third kappa shape index (κ3) is 4.72. The summed E-state index contributed by atoms with van der Waals surface area (Å²) in [5.74, 6) is 1.57. The number of carbonyl (C=O) groups excluding carboxylic acids is 1. The molecule has 0 fully saturated rings. The average molecular weight is 426 g/mol. The lowest BCUT2D eigenvalue weighted by Gasteiger charge is -2.13. The summed E-state index contributed by atoms with van der Waals surface area (Å²) >= 11 is 0. The summed E-state index contributed by atoms with van der Waals surface area (Å²) in [5, 5.41) is 3.02. The molecule has 1 amide bonds. The van der Waals surface area contributed by atoms with Crippen LogP contribution in [0, 0.1) is 6.92 Å². The Kier molecular flexibility index (Phi) is 6.66. The maximum atomic E-state index is 12.7. The van der Waals surface area contributed by atoms with Crippen LogP contribution in [-0.2, 0) is 19.5 Å². The van der Waals surface area contributed by atoms with Crippen molar-refractivity contribution in [2.45, 2.75) is 26.4 Å². The van der Waals surface area contributed by atoms with Crippen molar-refractivity contribution in [2.75, 3.05) is 6.61 Å². The summed E-state index contributed by atoms with van der Waals surface area (Å²) in [7, 11) is 0. The van der Waals surface area contributed by atoms with Crippen molar-refractivity contribution in [3.05, 3.63) is 108 Å². The molecule has 32 heavy (non-hydrogen) atoms. The maximum Gasteiger partial charge on any atom is 0.251 e. The van der Waals surface area contributed by atoms with Crippen LogP contribution in [0.2, 0.25) is 0 Å². The Morgan fingerprint density at radius 3 is 2.66 bits per heavy atom. The van der Waals surface area contributed by atoms with Crippen molar-refractivity contribution >= 4 is 16.9 Å². The van der Waals surface area contributed by atoms with Crippen LogP contribution in [0.1, 0.15) is 27.3 Å². The number of hydrogen-bond donors (Lipinski definition) is 1. The Labute approximate surface area is 188 Å². The number of para-hydroxylation sites is 3. The number of nitrogens with zero attached hydrogens (tertiary/aromatic N) is 2. The number of carbonyl (C=O) groups is 1. The second kappa shape index (κ2) is 9.96. The van der Waals surface area contributed by atoms with E-state index in [4.69, 9.17) is 9.72 Å². The molecule has 4 rings (SSSR count). The van der Waals surface area contributed by atoms with E-state index in [1.807, 2.05) is 79.7 Å². The molecule has 0 aliphatic rings. The molecule has 0 aliphatic heterocycles. The zero-order valence-electron chi connectivity index (χ0n) is 18.3. The van der Waals surface area contributed by atoms with E-state index in [2.05, 4.69) is 22.5 Å². The second-order valence-electron chi connectivity index (χ2n) is 7.61. The smallest absolute Gasteiger partial charge is 0.251 e. The number of aromatic nitrogens is 2. The zero-order valence-corrected chi connectivity index (χ0v) is 18.3. The monoisotopic (exact) mass is 425 g/mol. The lowest BCUT2D eigenvalue weighted by Crippen LogP contribution is -2.26. The first-order valence-corrected chi connectivity index (χ1v) is 10.8. The van der Waals surface area contributed by atoms with E-state index in [0.29, 0.717) is 25.3 Å². The lowest BCUT2D eigenvalue weighted by atomic mass is 10.1. The number of ether oxygens (including phenoxy) is 1. The van der Waals surface area contributed by atoms with Gasteiger partial charge in [-0.05, 0) is 48.7 Å². The van der Waals surface area contributed by atoms with E-state index >= 15 is 0 Å². The fourth-order valence-electron chi connectivity index (χ4n) is 3.81. The molecule has 162 valence electrons. The molecule has 0 saturated heterocycles. The average Bonchev–Trinajstić information content (AvgIpc) is 3.16. The fraction of sp³-hybridized carbons (Fsp3) is 0.185. The lowest BCUT2D eigenvalue weighted by molar-refractivity contribution is 0.0949. The van der Waals surface area contributed by atoms with Crippen molar-refractivity contribution in [3.8, 4) is 5.75 Å². The molecular weight excluding hydrogens is 398 g/mol. The first-order valence-electron chi connectivity index (χ1n) is 10.8. The molecule has 3 aromatic carbocycles. The van der Waals surface area contributed by atoms with Gasteiger partial charge >= 0.3 is 0 Å². The van der Waals surface area contributed by atoms with Gasteiger partial charge in [0.05, 0.1) is 24.1 Å². The van der Waals surface area contributed by atoms with Gasteiger partial charge in [-0.1, -0.05) is 54.6 Å². The van der Waals surface area contributed by atoms with Gasteiger partial charge in [-0.25, -0.2) is 4.98 Å². The number of nitrogens with one attached hydrogen (secondary N) is 1. The van der Waals surface area contributed by atoms with Gasteiger partial charge in [-0.15, -0.1) is 6.58 Å². The van der Waals surface area contributed by atoms with Crippen molar-refractivity contribution < 1.29 is 9.53 Å². The summed E-state index contributed by atoms with van der Waals surface area (Å²) in [5.41, 5.74) is 4.67. The third-order valence-electron chi connectivity index (χ3n) is 5.44. The molecular formula is C27H27N3O2. The van der Waals surface area contributed by atoms with E-state index < -0.39 is 0 Å². The van der Waals surface area contributed by atoms with E-state index in [-0.39, 0.29) is 5.91 Å². The molecule has 0 unspecified atom stereocenters. The van der Waals surface area contributed by atoms with Crippen LogP contribution in [0.3, 0.4) is 0 Å². The minimum Gasteiger partial charge on any atom is -0.491 e. The molecule has 5 nitrogen and oxygen atoms in total. The highest BCUT2D eigenvalue weighted by molar-refractivity contribution is 5.95. The van der Waals surface area contributed by atoms with Crippen molar-refractivity contribution in [1.29, 1.82) is 0 Å². The zero-order chi connectivity index (χ0) is 22.3. The van der Waals surface area contributed by atoms with Gasteiger partial charge in [0, 0.05) is 5.56 Å². The molecule has 0 bridgehead atoms. The highest BCUT2D eigenvalue weighted by Gasteiger charge is 2.14. The predicted octanol–water partition coefficient (Wildman–Crippen LogP) is 5.08. The molecule has 1 aromatic heterocycles. The molecule has 4 aromatic rings. The minimum absolute atomic E-state index is 0.101. The van der Waals surface area contributed by atoms with Crippen LogP contribution >= 0.6 is 0 Å². The first-order chi connectivity index (χ1) is 15.7. The Hall–Kier alpha value is -3.86. The molecule has 1 N–H and O–H groups in total. The van der Waals surface area contributed by atoms with E-state index in [0.717, 1.165) is 40.2 Å². The fourth-order valence-corrected chi connectivity index (χ4v) is 3.81. The summed E-state index contributed by atoms with van der Waals surface area (Å²) in [6.07, 6.45) is 2.64. The number of hydrogen-bond acceptors (Lipinski definition) is 3. The molecule has 0 atom stereocenters. The maximum absolute atomic E-state index is 12.7. The van der Waals surface area contributed by atoms with Crippen molar-refractivity contribution in [1.82, 2.24) is 14.9 Å². The van der Waals surface area contributed by atoms with Gasteiger partial charge < -0.3 is 14.6 Å². The minimum atomic E-state index is -0.101. The molecule has 0 aliphatic carbocycles. The number of rotatable bonds is 9. The van der Waals surface area contributed by atoms with Crippen LogP contribution in [0.25, 0.3) is 11.0 Å². The van der Waals surface area contributed by atoms with Crippen molar-refractivity contribution in [3.63, 3.8) is 0 Å². The summed E-state index contributed by atoms with van der Waals surface area (Å²) in [4.78, 5) is 17.4. The predicted molar refractivity (Wildman–Crippen MR) is 128 cm³/mol. The Balaban J connectivity index is 1.50. The van der Waals surface area contributed by atoms with Gasteiger partial charge in [-0.2, -0.15) is 0 Å².